The molecule has 0 aliphatic carbocycles. The fourth-order valence-corrected chi connectivity index (χ4v) is 2.20. The summed E-state index contributed by atoms with van der Waals surface area (Å²) in [5, 5.41) is 10.7. The van der Waals surface area contributed by atoms with Gasteiger partial charge in [-0.25, -0.2) is 0 Å². The fourth-order valence-electron chi connectivity index (χ4n) is 2.20. The predicted octanol–water partition coefficient (Wildman–Crippen LogP) is 3.13. The third kappa shape index (κ3) is 4.19. The highest BCUT2D eigenvalue weighted by Crippen LogP contribution is 2.23. The molecule has 0 bridgehead atoms. The lowest BCUT2D eigenvalue weighted by Crippen LogP contribution is -2.37. The number of hydrogen-bond donors (Lipinski definition) is 2. The van der Waals surface area contributed by atoms with Crippen molar-refractivity contribution in [3.8, 4) is 11.5 Å². The minimum absolute atomic E-state index is 0.325. The zero-order chi connectivity index (χ0) is 15.2. The maximum Gasteiger partial charge on any atom is 0.152 e. The van der Waals surface area contributed by atoms with Gasteiger partial charge < -0.3 is 14.5 Å². The van der Waals surface area contributed by atoms with E-state index < -0.39 is 0 Å². The first-order valence-corrected chi connectivity index (χ1v) is 7.52. The highest BCUT2D eigenvalue weighted by Gasteiger charge is 2.16. The summed E-state index contributed by atoms with van der Waals surface area (Å²) in [7, 11) is 0. The van der Waals surface area contributed by atoms with Crippen LogP contribution in [0.4, 0.5) is 0 Å². The zero-order valence-electron chi connectivity index (χ0n) is 13.3. The van der Waals surface area contributed by atoms with Gasteiger partial charge in [0.1, 0.15) is 11.5 Å². The Kier molecular flexibility index (Phi) is 5.59. The maximum absolute atomic E-state index is 5.66. The standard InChI is InChI=1S/C16H25N3O2/c1-5-20-10-14(11(2)3)17-8-13-9-18-19-16(13)15-7-6-12(4)21-15/h6-7,9,11,14,17H,5,8,10H2,1-4H3,(H,18,19). The van der Waals surface area contributed by atoms with Crippen LogP contribution in [0.1, 0.15) is 32.1 Å². The van der Waals surface area contributed by atoms with Crippen LogP contribution in [-0.2, 0) is 11.3 Å². The van der Waals surface area contributed by atoms with Gasteiger partial charge in [0.05, 0.1) is 12.8 Å². The third-order valence-corrected chi connectivity index (χ3v) is 3.57. The molecule has 2 N–H and O–H groups in total. The highest BCUT2D eigenvalue weighted by atomic mass is 16.5. The lowest BCUT2D eigenvalue weighted by molar-refractivity contribution is 0.108. The lowest BCUT2D eigenvalue weighted by Gasteiger charge is -2.22. The van der Waals surface area contributed by atoms with Crippen molar-refractivity contribution in [1.29, 1.82) is 0 Å². The molecule has 0 saturated carbocycles. The molecule has 0 aliphatic heterocycles. The number of nitrogens with one attached hydrogen (secondary N) is 2. The number of rotatable bonds is 8. The molecule has 5 heteroatoms. The van der Waals surface area contributed by atoms with Crippen LogP contribution < -0.4 is 5.32 Å². The van der Waals surface area contributed by atoms with Crippen molar-refractivity contribution in [2.45, 2.75) is 40.3 Å². The lowest BCUT2D eigenvalue weighted by atomic mass is 10.0. The molecule has 0 saturated heterocycles. The summed E-state index contributed by atoms with van der Waals surface area (Å²) in [6.45, 7) is 10.6. The molecule has 116 valence electrons. The number of aromatic amines is 1. The molecule has 2 rings (SSSR count). The van der Waals surface area contributed by atoms with Crippen molar-refractivity contribution >= 4 is 0 Å². The van der Waals surface area contributed by atoms with Crippen molar-refractivity contribution < 1.29 is 9.15 Å². The Balaban J connectivity index is 2.01. The first-order valence-electron chi connectivity index (χ1n) is 7.52. The van der Waals surface area contributed by atoms with Crippen molar-refractivity contribution in [3.63, 3.8) is 0 Å². The monoisotopic (exact) mass is 291 g/mol. The minimum atomic E-state index is 0.325. The molecular weight excluding hydrogens is 266 g/mol. The van der Waals surface area contributed by atoms with E-state index in [0.29, 0.717) is 12.0 Å². The third-order valence-electron chi connectivity index (χ3n) is 3.57. The van der Waals surface area contributed by atoms with Gasteiger partial charge in [0, 0.05) is 24.8 Å². The molecule has 1 atom stereocenters. The molecule has 2 heterocycles. The molecule has 2 aromatic rings. The predicted molar refractivity (Wildman–Crippen MR) is 83.0 cm³/mol. The van der Waals surface area contributed by atoms with Gasteiger partial charge in [-0.3, -0.25) is 5.10 Å². The van der Waals surface area contributed by atoms with Gasteiger partial charge in [-0.15, -0.1) is 0 Å². The largest absolute Gasteiger partial charge is 0.460 e. The Labute approximate surface area is 126 Å². The van der Waals surface area contributed by atoms with E-state index in [1.807, 2.05) is 32.2 Å². The Bertz CT molecular complexity index is 545. The number of nitrogens with zero attached hydrogens (tertiary/aromatic N) is 1. The number of aryl methyl sites for hydroxylation is 1. The highest BCUT2D eigenvalue weighted by molar-refractivity contribution is 5.56. The zero-order valence-corrected chi connectivity index (χ0v) is 13.3. The molecule has 21 heavy (non-hydrogen) atoms. The molecular formula is C16H25N3O2. The average molecular weight is 291 g/mol. The van der Waals surface area contributed by atoms with Crippen LogP contribution in [0, 0.1) is 12.8 Å². The van der Waals surface area contributed by atoms with Crippen LogP contribution in [-0.4, -0.2) is 29.5 Å². The minimum Gasteiger partial charge on any atom is -0.460 e. The van der Waals surface area contributed by atoms with Crippen molar-refractivity contribution in [1.82, 2.24) is 15.5 Å². The van der Waals surface area contributed by atoms with Crippen LogP contribution in [0.2, 0.25) is 0 Å². The van der Waals surface area contributed by atoms with E-state index in [-0.39, 0.29) is 0 Å². The van der Waals surface area contributed by atoms with E-state index >= 15 is 0 Å². The summed E-state index contributed by atoms with van der Waals surface area (Å²) >= 11 is 0. The van der Waals surface area contributed by atoms with E-state index in [1.165, 1.54) is 0 Å². The van der Waals surface area contributed by atoms with Crippen molar-refractivity contribution in [3.05, 3.63) is 29.7 Å². The van der Waals surface area contributed by atoms with Crippen molar-refractivity contribution in [2.75, 3.05) is 13.2 Å². The van der Waals surface area contributed by atoms with Gasteiger partial charge in [-0.1, -0.05) is 13.8 Å². The number of aromatic nitrogens is 2. The average Bonchev–Trinajstić information content (AvgIpc) is 3.06. The number of furan rings is 1. The summed E-state index contributed by atoms with van der Waals surface area (Å²) in [6.07, 6.45) is 1.85. The quantitative estimate of drug-likeness (QED) is 0.784. The normalized spacial score (nSPS) is 13.0. The molecule has 0 aromatic carbocycles. The van der Waals surface area contributed by atoms with Crippen molar-refractivity contribution in [2.24, 2.45) is 5.92 Å². The number of hydrogen-bond acceptors (Lipinski definition) is 4. The van der Waals surface area contributed by atoms with Gasteiger partial charge in [0.25, 0.3) is 0 Å². The van der Waals surface area contributed by atoms with Gasteiger partial charge in [-0.05, 0) is 31.9 Å². The second-order valence-electron chi connectivity index (χ2n) is 5.57. The molecule has 0 amide bonds. The molecule has 2 aromatic heterocycles. The smallest absolute Gasteiger partial charge is 0.152 e. The SMILES string of the molecule is CCOCC(NCc1cn[nH]c1-c1ccc(C)o1)C(C)C. The van der Waals surface area contributed by atoms with Gasteiger partial charge in [-0.2, -0.15) is 5.10 Å². The summed E-state index contributed by atoms with van der Waals surface area (Å²) < 4.78 is 11.2. The number of H-pyrrole nitrogens is 1. The molecule has 0 fully saturated rings. The topological polar surface area (TPSA) is 63.1 Å². The summed E-state index contributed by atoms with van der Waals surface area (Å²) in [4.78, 5) is 0. The maximum atomic E-state index is 5.66. The number of ether oxygens (including phenoxy) is 1. The Morgan fingerprint density at radius 2 is 2.19 bits per heavy atom. The van der Waals surface area contributed by atoms with E-state index in [2.05, 4.69) is 29.4 Å². The Morgan fingerprint density at radius 1 is 1.38 bits per heavy atom. The summed E-state index contributed by atoms with van der Waals surface area (Å²) in [6, 6.07) is 4.25. The Hall–Kier alpha value is -1.59. The molecule has 0 radical (unpaired) electrons. The van der Waals surface area contributed by atoms with E-state index in [9.17, 15) is 0 Å². The first kappa shape index (κ1) is 15.8. The second kappa shape index (κ2) is 7.43. The van der Waals surface area contributed by atoms with Gasteiger partial charge in [0.15, 0.2) is 5.76 Å². The molecule has 5 nitrogen and oxygen atoms in total. The van der Waals surface area contributed by atoms with Crippen LogP contribution in [0.15, 0.2) is 22.7 Å². The summed E-state index contributed by atoms with van der Waals surface area (Å²) in [5.41, 5.74) is 2.04. The van der Waals surface area contributed by atoms with E-state index in [0.717, 1.165) is 42.5 Å². The van der Waals surface area contributed by atoms with Crippen LogP contribution in [0.25, 0.3) is 11.5 Å². The van der Waals surface area contributed by atoms with Gasteiger partial charge >= 0.3 is 0 Å². The molecule has 0 aliphatic rings. The van der Waals surface area contributed by atoms with Crippen LogP contribution in [0.3, 0.4) is 0 Å². The van der Waals surface area contributed by atoms with Gasteiger partial charge in [0.2, 0.25) is 0 Å². The van der Waals surface area contributed by atoms with Crippen LogP contribution in [0.5, 0.6) is 0 Å². The molecule has 1 unspecified atom stereocenters. The molecule has 0 spiro atoms. The fraction of sp³-hybridized carbons (Fsp3) is 0.562. The van der Waals surface area contributed by atoms with E-state index in [4.69, 9.17) is 9.15 Å². The van der Waals surface area contributed by atoms with E-state index in [1.54, 1.807) is 0 Å². The Morgan fingerprint density at radius 3 is 2.81 bits per heavy atom. The summed E-state index contributed by atoms with van der Waals surface area (Å²) in [5.74, 6) is 2.24. The van der Waals surface area contributed by atoms with Crippen LogP contribution >= 0.6 is 0 Å². The second-order valence-corrected chi connectivity index (χ2v) is 5.57. The first-order chi connectivity index (χ1) is 10.1.